The van der Waals surface area contributed by atoms with Gasteiger partial charge in [-0.25, -0.2) is 4.79 Å². The first-order chi connectivity index (χ1) is 12.1. The average molecular weight is 351 g/mol. The molecule has 1 heterocycles. The van der Waals surface area contributed by atoms with Crippen molar-refractivity contribution in [2.45, 2.75) is 6.61 Å². The third kappa shape index (κ3) is 4.76. The first kappa shape index (κ1) is 18.9. The summed E-state index contributed by atoms with van der Waals surface area (Å²) in [6.45, 7) is 2.56. The molecule has 0 unspecified atom stereocenters. The van der Waals surface area contributed by atoms with E-state index >= 15 is 0 Å². The maximum absolute atomic E-state index is 12.3. The maximum atomic E-state index is 12.3. The standard InChI is InChI=1S/C17H23N2O6/c1-22-13-10-15(23-2)14(16(11-13)24-3)12-25-17(21)19-6-4-18(5-7-19)8-9-20/h10-11H,4-8,12H2,1-3H3. The Morgan fingerprint density at radius 1 is 1.04 bits per heavy atom. The molecule has 1 aromatic rings. The van der Waals surface area contributed by atoms with Crippen molar-refractivity contribution in [2.24, 2.45) is 0 Å². The summed E-state index contributed by atoms with van der Waals surface area (Å²) in [5, 5.41) is 0. The van der Waals surface area contributed by atoms with E-state index in [1.54, 1.807) is 24.1 Å². The molecule has 1 aromatic carbocycles. The summed E-state index contributed by atoms with van der Waals surface area (Å²) in [4.78, 5) is 26.2. The van der Waals surface area contributed by atoms with Crippen LogP contribution in [0.5, 0.6) is 17.2 Å². The van der Waals surface area contributed by atoms with Crippen molar-refractivity contribution in [2.75, 3.05) is 54.1 Å². The summed E-state index contributed by atoms with van der Waals surface area (Å²) in [6, 6.07) is 3.42. The Hall–Kier alpha value is -2.48. The van der Waals surface area contributed by atoms with Gasteiger partial charge < -0.3 is 23.8 Å². The Morgan fingerprint density at radius 3 is 2.12 bits per heavy atom. The smallest absolute Gasteiger partial charge is 0.410 e. The van der Waals surface area contributed by atoms with Gasteiger partial charge in [-0.1, -0.05) is 0 Å². The van der Waals surface area contributed by atoms with E-state index in [-0.39, 0.29) is 13.2 Å². The summed E-state index contributed by atoms with van der Waals surface area (Å²) < 4.78 is 21.3. The van der Waals surface area contributed by atoms with Crippen LogP contribution in [0.4, 0.5) is 4.79 Å². The highest BCUT2D eigenvalue weighted by Crippen LogP contribution is 2.34. The van der Waals surface area contributed by atoms with Crippen LogP contribution in [0.2, 0.25) is 0 Å². The lowest BCUT2D eigenvalue weighted by Gasteiger charge is -2.32. The summed E-state index contributed by atoms with van der Waals surface area (Å²) in [6.07, 6.45) is 1.46. The van der Waals surface area contributed by atoms with E-state index < -0.39 is 6.09 Å². The number of ether oxygens (including phenoxy) is 4. The normalized spacial score (nSPS) is 14.8. The molecule has 8 nitrogen and oxygen atoms in total. The number of hydrogen-bond donors (Lipinski definition) is 0. The van der Waals surface area contributed by atoms with Gasteiger partial charge in [0, 0.05) is 38.3 Å². The molecule has 0 N–H and O–H groups in total. The van der Waals surface area contributed by atoms with Crippen LogP contribution >= 0.6 is 0 Å². The van der Waals surface area contributed by atoms with Crippen molar-refractivity contribution in [3.63, 3.8) is 0 Å². The predicted molar refractivity (Wildman–Crippen MR) is 90.0 cm³/mol. The third-order valence-electron chi connectivity index (χ3n) is 4.08. The zero-order valence-electron chi connectivity index (χ0n) is 14.7. The minimum atomic E-state index is -0.408. The Bertz CT molecular complexity index is 574. The number of piperazine rings is 1. The van der Waals surface area contributed by atoms with Crippen LogP contribution in [0.3, 0.4) is 0 Å². The first-order valence-electron chi connectivity index (χ1n) is 7.90. The second-order valence-electron chi connectivity index (χ2n) is 5.47. The summed E-state index contributed by atoms with van der Waals surface area (Å²) >= 11 is 0. The highest BCUT2D eigenvalue weighted by atomic mass is 16.6. The quantitative estimate of drug-likeness (QED) is 0.727. The van der Waals surface area contributed by atoms with Gasteiger partial charge in [0.25, 0.3) is 0 Å². The molecule has 0 aromatic heterocycles. The molecular formula is C17H23N2O6. The first-order valence-corrected chi connectivity index (χ1v) is 7.90. The van der Waals surface area contributed by atoms with E-state index in [0.29, 0.717) is 49.0 Å². The van der Waals surface area contributed by atoms with Crippen LogP contribution in [0.15, 0.2) is 12.1 Å². The van der Waals surface area contributed by atoms with Gasteiger partial charge in [-0.05, 0) is 0 Å². The van der Waals surface area contributed by atoms with Gasteiger partial charge in [-0.3, -0.25) is 9.69 Å². The fourth-order valence-electron chi connectivity index (χ4n) is 2.63. The molecular weight excluding hydrogens is 328 g/mol. The van der Waals surface area contributed by atoms with Crippen LogP contribution in [0, 0.1) is 0 Å². The van der Waals surface area contributed by atoms with Gasteiger partial charge in [0.1, 0.15) is 23.9 Å². The largest absolute Gasteiger partial charge is 0.496 e. The summed E-state index contributed by atoms with van der Waals surface area (Å²) in [7, 11) is 4.61. The highest BCUT2D eigenvalue weighted by molar-refractivity contribution is 5.68. The molecule has 25 heavy (non-hydrogen) atoms. The molecule has 0 atom stereocenters. The van der Waals surface area contributed by atoms with Crippen molar-refractivity contribution >= 4 is 12.4 Å². The number of carbonyl (C=O) groups excluding carboxylic acids is 2. The lowest BCUT2D eigenvalue weighted by Crippen LogP contribution is -2.49. The van der Waals surface area contributed by atoms with Gasteiger partial charge in [0.15, 0.2) is 0 Å². The predicted octanol–water partition coefficient (Wildman–Crippen LogP) is 1.08. The fourth-order valence-corrected chi connectivity index (χ4v) is 2.63. The Labute approximate surface area is 147 Å². The van der Waals surface area contributed by atoms with E-state index in [1.165, 1.54) is 14.2 Å². The van der Waals surface area contributed by atoms with E-state index in [9.17, 15) is 9.59 Å². The van der Waals surface area contributed by atoms with Crippen LogP contribution in [0.1, 0.15) is 5.56 Å². The van der Waals surface area contributed by atoms with Crippen molar-refractivity contribution in [1.82, 2.24) is 9.80 Å². The molecule has 0 saturated carbocycles. The molecule has 0 bridgehead atoms. The zero-order valence-corrected chi connectivity index (χ0v) is 14.7. The van der Waals surface area contributed by atoms with E-state index in [0.717, 1.165) is 0 Å². The number of amides is 1. The number of hydrogen-bond acceptors (Lipinski definition) is 7. The van der Waals surface area contributed by atoms with Crippen LogP contribution in [0.25, 0.3) is 0 Å². The van der Waals surface area contributed by atoms with Crippen molar-refractivity contribution in [1.29, 1.82) is 0 Å². The Balaban J connectivity index is 1.99. The van der Waals surface area contributed by atoms with E-state index in [2.05, 4.69) is 0 Å². The number of benzene rings is 1. The number of nitrogens with zero attached hydrogens (tertiary/aromatic N) is 2. The SMILES string of the molecule is COc1cc(OC)c(COC(=O)N2CCN(C[C]=O)CC2)c(OC)c1. The monoisotopic (exact) mass is 351 g/mol. The van der Waals surface area contributed by atoms with Crippen molar-refractivity contribution < 1.29 is 28.5 Å². The topological polar surface area (TPSA) is 77.5 Å². The summed E-state index contributed by atoms with van der Waals surface area (Å²) in [5.41, 5.74) is 0.633. The molecule has 8 heteroatoms. The molecule has 137 valence electrons. The molecule has 0 aliphatic carbocycles. The lowest BCUT2D eigenvalue weighted by molar-refractivity contribution is 0.0738. The third-order valence-corrected chi connectivity index (χ3v) is 4.08. The second kappa shape index (κ2) is 9.12. The molecule has 1 fully saturated rings. The molecule has 1 saturated heterocycles. The van der Waals surface area contributed by atoms with Crippen molar-refractivity contribution in [3.05, 3.63) is 17.7 Å². The minimum Gasteiger partial charge on any atom is -0.496 e. The van der Waals surface area contributed by atoms with Gasteiger partial charge in [0.2, 0.25) is 6.29 Å². The zero-order chi connectivity index (χ0) is 18.2. The van der Waals surface area contributed by atoms with Crippen LogP contribution in [-0.4, -0.2) is 76.2 Å². The highest BCUT2D eigenvalue weighted by Gasteiger charge is 2.23. The maximum Gasteiger partial charge on any atom is 0.410 e. The minimum absolute atomic E-state index is 0.0253. The molecule has 2 rings (SSSR count). The molecule has 0 spiro atoms. The summed E-state index contributed by atoms with van der Waals surface area (Å²) in [5.74, 6) is 1.64. The van der Waals surface area contributed by atoms with Gasteiger partial charge >= 0.3 is 6.09 Å². The van der Waals surface area contributed by atoms with Gasteiger partial charge in [-0.15, -0.1) is 0 Å². The van der Waals surface area contributed by atoms with Gasteiger partial charge in [-0.2, -0.15) is 0 Å². The fraction of sp³-hybridized carbons (Fsp3) is 0.529. The molecule has 1 amide bonds. The lowest BCUT2D eigenvalue weighted by atomic mass is 10.1. The van der Waals surface area contributed by atoms with Gasteiger partial charge in [0.05, 0.1) is 33.4 Å². The van der Waals surface area contributed by atoms with Crippen molar-refractivity contribution in [3.8, 4) is 17.2 Å². The number of rotatable bonds is 7. The molecule has 1 aliphatic heterocycles. The Kier molecular flexibility index (Phi) is 6.88. The number of carbonyl (C=O) groups is 1. The van der Waals surface area contributed by atoms with E-state index in [4.69, 9.17) is 18.9 Å². The van der Waals surface area contributed by atoms with Crippen LogP contribution in [-0.2, 0) is 16.1 Å². The van der Waals surface area contributed by atoms with E-state index in [1.807, 2.05) is 11.2 Å². The average Bonchev–Trinajstić information content (AvgIpc) is 2.66. The molecule has 1 aliphatic rings. The Morgan fingerprint density at radius 2 is 1.64 bits per heavy atom. The molecule has 1 radical (unpaired) electrons. The van der Waals surface area contributed by atoms with Crippen LogP contribution < -0.4 is 14.2 Å². The number of methoxy groups -OCH3 is 3. The second-order valence-corrected chi connectivity index (χ2v) is 5.47.